The van der Waals surface area contributed by atoms with Crippen LogP contribution in [-0.4, -0.2) is 27.5 Å². The van der Waals surface area contributed by atoms with E-state index in [1.165, 1.54) is 11.3 Å². The van der Waals surface area contributed by atoms with E-state index >= 15 is 0 Å². The Kier molecular flexibility index (Phi) is 5.95. The molecule has 0 spiro atoms. The highest BCUT2D eigenvalue weighted by Crippen LogP contribution is 2.20. The third-order valence-corrected chi connectivity index (χ3v) is 3.97. The van der Waals surface area contributed by atoms with E-state index in [0.717, 1.165) is 5.69 Å². The number of aromatic nitrogens is 1. The minimum Gasteiger partial charge on any atom is -0.481 e. The molecule has 0 aliphatic carbocycles. The van der Waals surface area contributed by atoms with Gasteiger partial charge in [0, 0.05) is 17.3 Å². The molecule has 0 aliphatic rings. The lowest BCUT2D eigenvalue weighted by Gasteiger charge is -2.31. The molecule has 0 fully saturated rings. The smallest absolute Gasteiger partial charge is 0.305 e. The zero-order valence-electron chi connectivity index (χ0n) is 11.3. The molecule has 0 saturated heterocycles. The summed E-state index contributed by atoms with van der Waals surface area (Å²) in [7, 11) is 0. The van der Waals surface area contributed by atoms with Gasteiger partial charge in [-0.1, -0.05) is 13.8 Å². The fourth-order valence-corrected chi connectivity index (χ4v) is 2.56. The number of carbonyl (C=O) groups is 2. The molecular formula is C13H20N2O3S. The molecule has 106 valence electrons. The molecule has 1 aromatic heterocycles. The molecule has 0 atom stereocenters. The first-order chi connectivity index (χ1) is 9.01. The van der Waals surface area contributed by atoms with Crippen molar-refractivity contribution in [2.45, 2.75) is 51.5 Å². The zero-order valence-corrected chi connectivity index (χ0v) is 12.1. The van der Waals surface area contributed by atoms with Crippen LogP contribution in [0.1, 0.15) is 45.2 Å². The highest BCUT2D eigenvalue weighted by Gasteiger charge is 2.30. The summed E-state index contributed by atoms with van der Waals surface area (Å²) in [5, 5.41) is 13.7. The highest BCUT2D eigenvalue weighted by molar-refractivity contribution is 7.07. The fourth-order valence-electron chi connectivity index (χ4n) is 1.97. The topological polar surface area (TPSA) is 79.3 Å². The van der Waals surface area contributed by atoms with Crippen LogP contribution in [0.15, 0.2) is 10.9 Å². The summed E-state index contributed by atoms with van der Waals surface area (Å²) in [5.74, 6) is -0.999. The highest BCUT2D eigenvalue weighted by atomic mass is 32.1. The summed E-state index contributed by atoms with van der Waals surface area (Å²) in [6.45, 7) is 3.79. The zero-order chi connectivity index (χ0) is 14.3. The molecule has 1 amide bonds. The first-order valence-corrected chi connectivity index (χ1v) is 7.35. The maximum Gasteiger partial charge on any atom is 0.305 e. The molecule has 1 heterocycles. The number of carbonyl (C=O) groups excluding carboxylic acids is 1. The largest absolute Gasteiger partial charge is 0.481 e. The summed E-state index contributed by atoms with van der Waals surface area (Å²) in [4.78, 5) is 26.9. The molecule has 6 heteroatoms. The van der Waals surface area contributed by atoms with Crippen molar-refractivity contribution in [1.82, 2.24) is 10.3 Å². The van der Waals surface area contributed by atoms with Gasteiger partial charge in [-0.3, -0.25) is 9.59 Å². The van der Waals surface area contributed by atoms with Crippen LogP contribution < -0.4 is 5.32 Å². The standard InChI is InChI=1S/C13H20N2O3S/c1-3-13(4-2,7-12(17)18)15-11(16)6-5-10-8-19-9-14-10/h8-9H,3-7H2,1-2H3,(H,15,16)(H,17,18). The molecule has 0 unspecified atom stereocenters. The summed E-state index contributed by atoms with van der Waals surface area (Å²) in [5.41, 5.74) is 2.00. The van der Waals surface area contributed by atoms with Gasteiger partial charge < -0.3 is 10.4 Å². The molecule has 19 heavy (non-hydrogen) atoms. The van der Waals surface area contributed by atoms with Crippen molar-refractivity contribution in [3.05, 3.63) is 16.6 Å². The van der Waals surface area contributed by atoms with E-state index in [9.17, 15) is 9.59 Å². The van der Waals surface area contributed by atoms with Crippen LogP contribution >= 0.6 is 11.3 Å². The second-order valence-corrected chi connectivity index (χ2v) is 5.30. The van der Waals surface area contributed by atoms with Crippen molar-refractivity contribution < 1.29 is 14.7 Å². The Bertz CT molecular complexity index is 414. The monoisotopic (exact) mass is 284 g/mol. The van der Waals surface area contributed by atoms with Crippen molar-refractivity contribution in [2.75, 3.05) is 0 Å². The van der Waals surface area contributed by atoms with E-state index in [0.29, 0.717) is 25.7 Å². The lowest BCUT2D eigenvalue weighted by atomic mass is 9.88. The molecule has 0 aromatic carbocycles. The van der Waals surface area contributed by atoms with Crippen LogP contribution in [0.5, 0.6) is 0 Å². The summed E-state index contributed by atoms with van der Waals surface area (Å²) in [6.07, 6.45) is 2.11. The second kappa shape index (κ2) is 7.23. The average Bonchev–Trinajstić information content (AvgIpc) is 2.88. The Hall–Kier alpha value is -1.43. The van der Waals surface area contributed by atoms with Crippen LogP contribution in [0.3, 0.4) is 0 Å². The first-order valence-electron chi connectivity index (χ1n) is 6.41. The van der Waals surface area contributed by atoms with Gasteiger partial charge in [0.25, 0.3) is 0 Å². The summed E-state index contributed by atoms with van der Waals surface area (Å²) in [6, 6.07) is 0. The van der Waals surface area contributed by atoms with E-state index in [-0.39, 0.29) is 12.3 Å². The van der Waals surface area contributed by atoms with Crippen LogP contribution in [0.2, 0.25) is 0 Å². The summed E-state index contributed by atoms with van der Waals surface area (Å²) < 4.78 is 0. The lowest BCUT2D eigenvalue weighted by molar-refractivity contribution is -0.139. The van der Waals surface area contributed by atoms with Gasteiger partial charge in [0.1, 0.15) is 0 Å². The number of hydrogen-bond donors (Lipinski definition) is 2. The van der Waals surface area contributed by atoms with Crippen LogP contribution in [0.4, 0.5) is 0 Å². The predicted octanol–water partition coefficient (Wildman–Crippen LogP) is 2.23. The SMILES string of the molecule is CCC(CC)(CC(=O)O)NC(=O)CCc1cscn1. The lowest BCUT2D eigenvalue weighted by Crippen LogP contribution is -2.49. The molecule has 0 saturated carbocycles. The van der Waals surface area contributed by atoms with E-state index in [2.05, 4.69) is 10.3 Å². The van der Waals surface area contributed by atoms with Crippen LogP contribution in [-0.2, 0) is 16.0 Å². The van der Waals surface area contributed by atoms with Gasteiger partial charge in [-0.15, -0.1) is 11.3 Å². The number of nitrogens with zero attached hydrogens (tertiary/aromatic N) is 1. The van der Waals surface area contributed by atoms with Gasteiger partial charge in [-0.2, -0.15) is 0 Å². The molecule has 1 aromatic rings. The van der Waals surface area contributed by atoms with Crippen LogP contribution in [0, 0.1) is 0 Å². The van der Waals surface area contributed by atoms with E-state index in [1.54, 1.807) is 5.51 Å². The van der Waals surface area contributed by atoms with E-state index in [1.807, 2.05) is 19.2 Å². The predicted molar refractivity (Wildman–Crippen MR) is 74.1 cm³/mol. The van der Waals surface area contributed by atoms with Gasteiger partial charge in [0.05, 0.1) is 17.6 Å². The number of carboxylic acids is 1. The molecule has 2 N–H and O–H groups in total. The van der Waals surface area contributed by atoms with Crippen molar-refractivity contribution in [1.29, 1.82) is 0 Å². The maximum absolute atomic E-state index is 11.9. The molecule has 0 radical (unpaired) electrons. The number of carboxylic acid groups (broad SMARTS) is 1. The molecule has 0 bridgehead atoms. The normalized spacial score (nSPS) is 11.3. The van der Waals surface area contributed by atoms with Crippen LogP contribution in [0.25, 0.3) is 0 Å². The number of aryl methyl sites for hydroxylation is 1. The Balaban J connectivity index is 2.53. The quantitative estimate of drug-likeness (QED) is 0.767. The Morgan fingerprint density at radius 3 is 2.58 bits per heavy atom. The average molecular weight is 284 g/mol. The van der Waals surface area contributed by atoms with E-state index in [4.69, 9.17) is 5.11 Å². The first kappa shape index (κ1) is 15.6. The Labute approximate surface area is 117 Å². The van der Waals surface area contributed by atoms with Gasteiger partial charge >= 0.3 is 5.97 Å². The number of nitrogens with one attached hydrogen (secondary N) is 1. The Morgan fingerprint density at radius 2 is 2.11 bits per heavy atom. The molecule has 5 nitrogen and oxygen atoms in total. The van der Waals surface area contributed by atoms with Crippen molar-refractivity contribution in [3.8, 4) is 0 Å². The van der Waals surface area contributed by atoms with Gasteiger partial charge in [-0.05, 0) is 19.3 Å². The third kappa shape index (κ3) is 4.98. The summed E-state index contributed by atoms with van der Waals surface area (Å²) >= 11 is 1.50. The van der Waals surface area contributed by atoms with Gasteiger partial charge in [-0.25, -0.2) is 4.98 Å². The second-order valence-electron chi connectivity index (χ2n) is 4.59. The van der Waals surface area contributed by atoms with Crippen molar-refractivity contribution in [2.24, 2.45) is 0 Å². The molecule has 0 aliphatic heterocycles. The fraction of sp³-hybridized carbons (Fsp3) is 0.615. The Morgan fingerprint density at radius 1 is 1.42 bits per heavy atom. The minimum atomic E-state index is -0.886. The van der Waals surface area contributed by atoms with Crippen molar-refractivity contribution >= 4 is 23.2 Å². The minimum absolute atomic E-state index is 0.0392. The number of amides is 1. The van der Waals surface area contributed by atoms with E-state index < -0.39 is 11.5 Å². The number of rotatable bonds is 8. The maximum atomic E-state index is 11.9. The number of thiazole rings is 1. The number of hydrogen-bond acceptors (Lipinski definition) is 4. The number of aliphatic carboxylic acids is 1. The molecule has 1 rings (SSSR count). The van der Waals surface area contributed by atoms with Gasteiger partial charge in [0.15, 0.2) is 0 Å². The third-order valence-electron chi connectivity index (χ3n) is 3.34. The van der Waals surface area contributed by atoms with Gasteiger partial charge in [0.2, 0.25) is 5.91 Å². The van der Waals surface area contributed by atoms with Crippen molar-refractivity contribution in [3.63, 3.8) is 0 Å². The molecular weight excluding hydrogens is 264 g/mol.